The number of likely N-dealkylation sites (tertiary alicyclic amines) is 1. The van der Waals surface area contributed by atoms with Gasteiger partial charge in [-0.1, -0.05) is 12.2 Å². The monoisotopic (exact) mass is 303 g/mol. The molecule has 1 aromatic rings. The summed E-state index contributed by atoms with van der Waals surface area (Å²) in [7, 11) is 0. The second kappa shape index (κ2) is 6.05. The first-order chi connectivity index (χ1) is 9.36. The Morgan fingerprint density at radius 3 is 2.90 bits per heavy atom. The summed E-state index contributed by atoms with van der Waals surface area (Å²) in [5.41, 5.74) is 6.88. The lowest BCUT2D eigenvalue weighted by Crippen LogP contribution is -2.41. The number of aromatic nitrogens is 1. The summed E-state index contributed by atoms with van der Waals surface area (Å²) < 4.78 is 38.3. The van der Waals surface area contributed by atoms with Gasteiger partial charge in [-0.25, -0.2) is 0 Å². The number of pyridine rings is 1. The van der Waals surface area contributed by atoms with Crippen LogP contribution in [0.15, 0.2) is 18.3 Å². The third-order valence-electron chi connectivity index (χ3n) is 3.45. The second-order valence-corrected chi connectivity index (χ2v) is 5.47. The molecule has 0 saturated carbocycles. The zero-order valence-electron chi connectivity index (χ0n) is 10.9. The van der Waals surface area contributed by atoms with E-state index in [1.807, 2.05) is 4.90 Å². The molecule has 0 amide bonds. The van der Waals surface area contributed by atoms with Gasteiger partial charge in [0.2, 0.25) is 0 Å². The Kier molecular flexibility index (Phi) is 4.59. The van der Waals surface area contributed by atoms with Crippen LogP contribution in [-0.4, -0.2) is 34.1 Å². The molecule has 1 unspecified atom stereocenters. The van der Waals surface area contributed by atoms with E-state index in [0.717, 1.165) is 5.56 Å². The summed E-state index contributed by atoms with van der Waals surface area (Å²) in [4.78, 5) is 6.03. The van der Waals surface area contributed by atoms with Crippen LogP contribution in [0.25, 0.3) is 0 Å². The van der Waals surface area contributed by atoms with Crippen molar-refractivity contribution in [3.05, 3.63) is 29.6 Å². The Hall–Kier alpha value is -1.21. The highest BCUT2D eigenvalue weighted by Gasteiger charge is 2.41. The third kappa shape index (κ3) is 3.89. The molecule has 2 heterocycles. The van der Waals surface area contributed by atoms with E-state index in [1.165, 1.54) is 0 Å². The van der Waals surface area contributed by atoms with Crippen LogP contribution in [0.3, 0.4) is 0 Å². The minimum atomic E-state index is -4.11. The molecule has 20 heavy (non-hydrogen) atoms. The largest absolute Gasteiger partial charge is 0.393 e. The molecule has 1 aliphatic rings. The lowest BCUT2D eigenvalue weighted by molar-refractivity contribution is -0.187. The fourth-order valence-corrected chi connectivity index (χ4v) is 2.54. The van der Waals surface area contributed by atoms with Gasteiger partial charge in [0.15, 0.2) is 0 Å². The standard InChI is InChI=1S/C13H16F3N3S/c14-13(15,16)10-2-1-5-19(8-10)7-9-3-4-18-11(6-9)12(17)20/h3-4,6,10H,1-2,5,7-8H2,(H2,17,20). The maximum atomic E-state index is 12.8. The van der Waals surface area contributed by atoms with E-state index in [1.54, 1.807) is 18.3 Å². The van der Waals surface area contributed by atoms with Gasteiger partial charge in [-0.3, -0.25) is 9.88 Å². The molecular formula is C13H16F3N3S. The number of nitrogens with zero attached hydrogens (tertiary/aromatic N) is 2. The van der Waals surface area contributed by atoms with Crippen molar-refractivity contribution in [2.24, 2.45) is 11.7 Å². The molecule has 0 spiro atoms. The number of halogens is 3. The van der Waals surface area contributed by atoms with Gasteiger partial charge in [-0.05, 0) is 37.1 Å². The van der Waals surface area contributed by atoms with Crippen LogP contribution in [0, 0.1) is 5.92 Å². The quantitative estimate of drug-likeness (QED) is 0.871. The molecule has 0 aliphatic carbocycles. The van der Waals surface area contributed by atoms with Gasteiger partial charge >= 0.3 is 6.18 Å². The lowest BCUT2D eigenvalue weighted by atomic mass is 9.97. The minimum Gasteiger partial charge on any atom is -0.388 e. The molecule has 110 valence electrons. The third-order valence-corrected chi connectivity index (χ3v) is 3.66. The molecule has 1 saturated heterocycles. The van der Waals surface area contributed by atoms with E-state index in [9.17, 15) is 13.2 Å². The Bertz CT molecular complexity index is 490. The van der Waals surface area contributed by atoms with Crippen LogP contribution >= 0.6 is 12.2 Å². The van der Waals surface area contributed by atoms with Crippen molar-refractivity contribution in [3.8, 4) is 0 Å². The topological polar surface area (TPSA) is 42.1 Å². The van der Waals surface area contributed by atoms with Gasteiger partial charge in [-0.15, -0.1) is 0 Å². The summed E-state index contributed by atoms with van der Waals surface area (Å²) in [6.45, 7) is 1.19. The Balaban J connectivity index is 2.03. The number of hydrogen-bond donors (Lipinski definition) is 1. The lowest BCUT2D eigenvalue weighted by Gasteiger charge is -2.33. The molecule has 7 heteroatoms. The maximum absolute atomic E-state index is 12.8. The van der Waals surface area contributed by atoms with Crippen molar-refractivity contribution >= 4 is 17.2 Å². The molecule has 3 nitrogen and oxygen atoms in total. The fraction of sp³-hybridized carbons (Fsp3) is 0.538. The first kappa shape index (κ1) is 15.2. The molecule has 0 bridgehead atoms. The van der Waals surface area contributed by atoms with Crippen molar-refractivity contribution in [1.82, 2.24) is 9.88 Å². The van der Waals surface area contributed by atoms with Gasteiger partial charge in [-0.2, -0.15) is 13.2 Å². The summed E-state index contributed by atoms with van der Waals surface area (Å²) in [6, 6.07) is 3.51. The number of alkyl halides is 3. The predicted octanol–water partition coefficient (Wildman–Crippen LogP) is 2.49. The second-order valence-electron chi connectivity index (χ2n) is 5.03. The van der Waals surface area contributed by atoms with Crippen LogP contribution in [-0.2, 0) is 6.54 Å². The summed E-state index contributed by atoms with van der Waals surface area (Å²) in [5.74, 6) is -1.23. The van der Waals surface area contributed by atoms with E-state index in [2.05, 4.69) is 4.98 Å². The van der Waals surface area contributed by atoms with E-state index in [0.29, 0.717) is 25.2 Å². The van der Waals surface area contributed by atoms with Crippen molar-refractivity contribution in [2.45, 2.75) is 25.6 Å². The Morgan fingerprint density at radius 2 is 2.25 bits per heavy atom. The molecule has 0 radical (unpaired) electrons. The summed E-state index contributed by atoms with van der Waals surface area (Å²) in [5, 5.41) is 0. The normalized spacial score (nSPS) is 20.9. The SMILES string of the molecule is NC(=S)c1cc(CN2CCCC(C(F)(F)F)C2)ccn1. The number of piperidine rings is 1. The smallest absolute Gasteiger partial charge is 0.388 e. The predicted molar refractivity (Wildman–Crippen MR) is 74.2 cm³/mol. The molecule has 1 aliphatic heterocycles. The maximum Gasteiger partial charge on any atom is 0.393 e. The van der Waals surface area contributed by atoms with Crippen LogP contribution < -0.4 is 5.73 Å². The number of rotatable bonds is 3. The van der Waals surface area contributed by atoms with Crippen molar-refractivity contribution in [2.75, 3.05) is 13.1 Å². The molecule has 1 atom stereocenters. The van der Waals surface area contributed by atoms with Crippen LogP contribution in [0.5, 0.6) is 0 Å². The van der Waals surface area contributed by atoms with Crippen molar-refractivity contribution in [3.63, 3.8) is 0 Å². The molecule has 0 aromatic carbocycles. The molecule has 2 rings (SSSR count). The van der Waals surface area contributed by atoms with Crippen molar-refractivity contribution in [1.29, 1.82) is 0 Å². The fourth-order valence-electron chi connectivity index (χ4n) is 2.43. The number of nitrogens with two attached hydrogens (primary N) is 1. The number of thiocarbonyl (C=S) groups is 1. The van der Waals surface area contributed by atoms with E-state index in [-0.39, 0.29) is 18.0 Å². The average Bonchev–Trinajstić information content (AvgIpc) is 2.38. The van der Waals surface area contributed by atoms with Crippen LogP contribution in [0.2, 0.25) is 0 Å². The van der Waals surface area contributed by atoms with Crippen molar-refractivity contribution < 1.29 is 13.2 Å². The van der Waals surface area contributed by atoms with E-state index >= 15 is 0 Å². The first-order valence-electron chi connectivity index (χ1n) is 6.40. The highest BCUT2D eigenvalue weighted by Crippen LogP contribution is 2.33. The molecule has 1 fully saturated rings. The molecule has 2 N–H and O–H groups in total. The van der Waals surface area contributed by atoms with Crippen LogP contribution in [0.1, 0.15) is 24.1 Å². The average molecular weight is 303 g/mol. The Labute approximate surface area is 121 Å². The Morgan fingerprint density at radius 1 is 1.50 bits per heavy atom. The summed E-state index contributed by atoms with van der Waals surface area (Å²) in [6.07, 6.45) is -1.75. The van der Waals surface area contributed by atoms with Gasteiger partial charge in [0.1, 0.15) is 4.99 Å². The zero-order valence-corrected chi connectivity index (χ0v) is 11.7. The van der Waals surface area contributed by atoms with E-state index in [4.69, 9.17) is 18.0 Å². The van der Waals surface area contributed by atoms with Gasteiger partial charge < -0.3 is 5.73 Å². The van der Waals surface area contributed by atoms with Gasteiger partial charge in [0.25, 0.3) is 0 Å². The minimum absolute atomic E-state index is 0.0498. The molecule has 1 aromatic heterocycles. The van der Waals surface area contributed by atoms with Gasteiger partial charge in [0, 0.05) is 19.3 Å². The summed E-state index contributed by atoms with van der Waals surface area (Å²) >= 11 is 4.85. The highest BCUT2D eigenvalue weighted by atomic mass is 32.1. The zero-order chi connectivity index (χ0) is 14.8. The van der Waals surface area contributed by atoms with Crippen LogP contribution in [0.4, 0.5) is 13.2 Å². The first-order valence-corrected chi connectivity index (χ1v) is 6.81. The van der Waals surface area contributed by atoms with E-state index < -0.39 is 12.1 Å². The highest BCUT2D eigenvalue weighted by molar-refractivity contribution is 7.80. The molecular weight excluding hydrogens is 287 g/mol. The number of hydrogen-bond acceptors (Lipinski definition) is 3. The van der Waals surface area contributed by atoms with Gasteiger partial charge in [0.05, 0.1) is 11.6 Å².